The third kappa shape index (κ3) is 3.31. The van der Waals surface area contributed by atoms with E-state index in [0.717, 1.165) is 36.7 Å². The number of hydrogen-bond donors (Lipinski definition) is 2. The minimum atomic E-state index is 0.880. The molecular weight excluding hydrogens is 262 g/mol. The van der Waals surface area contributed by atoms with Gasteiger partial charge >= 0.3 is 0 Å². The van der Waals surface area contributed by atoms with Crippen molar-refractivity contribution in [3.63, 3.8) is 0 Å². The normalized spacial score (nSPS) is 10.7. The van der Waals surface area contributed by atoms with E-state index in [9.17, 15) is 0 Å². The van der Waals surface area contributed by atoms with E-state index in [4.69, 9.17) is 0 Å². The van der Waals surface area contributed by atoms with Crippen molar-refractivity contribution in [1.82, 2.24) is 19.7 Å². The molecule has 1 aromatic carbocycles. The highest BCUT2D eigenvalue weighted by Gasteiger charge is 2.04. The van der Waals surface area contributed by atoms with Crippen LogP contribution < -0.4 is 5.32 Å². The van der Waals surface area contributed by atoms with Crippen molar-refractivity contribution in [1.29, 1.82) is 0 Å². The standard InChI is InChI=1S/C16H19N5/c1-13-14(12-18-20-13)6-5-10-21-11-9-17-16(21)19-15-7-3-2-4-8-15/h2-4,7-9,11-12H,5-6,10H2,1H3,(H,17,19)(H,18,20). The van der Waals surface area contributed by atoms with Crippen molar-refractivity contribution in [3.05, 3.63) is 60.2 Å². The zero-order valence-electron chi connectivity index (χ0n) is 12.1. The Labute approximate surface area is 124 Å². The largest absolute Gasteiger partial charge is 0.326 e. The van der Waals surface area contributed by atoms with Crippen LogP contribution in [0.3, 0.4) is 0 Å². The molecule has 0 radical (unpaired) electrons. The number of rotatable bonds is 6. The Balaban J connectivity index is 1.59. The second kappa shape index (κ2) is 6.26. The number of anilines is 2. The Kier molecular flexibility index (Phi) is 4.00. The summed E-state index contributed by atoms with van der Waals surface area (Å²) in [6.07, 6.45) is 7.82. The summed E-state index contributed by atoms with van der Waals surface area (Å²) in [5, 5.41) is 10.4. The lowest BCUT2D eigenvalue weighted by atomic mass is 10.1. The van der Waals surface area contributed by atoms with Crippen LogP contribution >= 0.6 is 0 Å². The molecule has 108 valence electrons. The molecule has 0 aliphatic heterocycles. The molecule has 2 aromatic heterocycles. The first-order chi connectivity index (χ1) is 10.3. The van der Waals surface area contributed by atoms with Crippen LogP contribution in [-0.2, 0) is 13.0 Å². The molecule has 0 atom stereocenters. The van der Waals surface area contributed by atoms with Crippen LogP contribution in [0.1, 0.15) is 17.7 Å². The predicted molar refractivity (Wildman–Crippen MR) is 83.6 cm³/mol. The molecule has 3 rings (SSSR count). The number of aromatic amines is 1. The van der Waals surface area contributed by atoms with E-state index in [1.54, 1.807) is 0 Å². The monoisotopic (exact) mass is 281 g/mol. The van der Waals surface area contributed by atoms with Crippen LogP contribution in [0.4, 0.5) is 11.6 Å². The molecule has 21 heavy (non-hydrogen) atoms. The van der Waals surface area contributed by atoms with Gasteiger partial charge in [-0.3, -0.25) is 5.10 Å². The summed E-state index contributed by atoms with van der Waals surface area (Å²) in [5.41, 5.74) is 3.49. The molecule has 0 saturated carbocycles. The van der Waals surface area contributed by atoms with Crippen LogP contribution in [-0.4, -0.2) is 19.7 Å². The molecule has 0 saturated heterocycles. The summed E-state index contributed by atoms with van der Waals surface area (Å²) in [4.78, 5) is 4.38. The second-order valence-electron chi connectivity index (χ2n) is 5.06. The molecule has 5 nitrogen and oxygen atoms in total. The molecule has 5 heteroatoms. The van der Waals surface area contributed by atoms with Gasteiger partial charge in [-0.25, -0.2) is 4.98 Å². The number of para-hydroxylation sites is 1. The van der Waals surface area contributed by atoms with Crippen LogP contribution in [0.5, 0.6) is 0 Å². The first-order valence-corrected chi connectivity index (χ1v) is 7.15. The van der Waals surface area contributed by atoms with E-state index in [0.29, 0.717) is 0 Å². The van der Waals surface area contributed by atoms with Crippen LogP contribution in [0, 0.1) is 6.92 Å². The summed E-state index contributed by atoms with van der Waals surface area (Å²) in [6, 6.07) is 10.1. The van der Waals surface area contributed by atoms with Crippen molar-refractivity contribution >= 4 is 11.6 Å². The Morgan fingerprint density at radius 1 is 1.24 bits per heavy atom. The third-order valence-corrected chi connectivity index (χ3v) is 3.52. The van der Waals surface area contributed by atoms with Crippen molar-refractivity contribution in [3.8, 4) is 0 Å². The minimum absolute atomic E-state index is 0.880. The molecule has 0 aliphatic rings. The number of H-pyrrole nitrogens is 1. The van der Waals surface area contributed by atoms with Gasteiger partial charge in [-0.2, -0.15) is 5.10 Å². The lowest BCUT2D eigenvalue weighted by Crippen LogP contribution is -2.04. The van der Waals surface area contributed by atoms with Crippen LogP contribution in [0.25, 0.3) is 0 Å². The van der Waals surface area contributed by atoms with Gasteiger partial charge in [0.05, 0.1) is 6.20 Å². The van der Waals surface area contributed by atoms with Gasteiger partial charge in [0, 0.05) is 30.3 Å². The average molecular weight is 281 g/mol. The number of nitrogens with one attached hydrogen (secondary N) is 2. The van der Waals surface area contributed by atoms with E-state index < -0.39 is 0 Å². The SMILES string of the molecule is Cc1[nH]ncc1CCCn1ccnc1Nc1ccccc1. The highest BCUT2D eigenvalue weighted by atomic mass is 15.2. The summed E-state index contributed by atoms with van der Waals surface area (Å²) in [6.45, 7) is 2.99. The van der Waals surface area contributed by atoms with Crippen LogP contribution in [0.2, 0.25) is 0 Å². The zero-order valence-corrected chi connectivity index (χ0v) is 12.1. The summed E-state index contributed by atoms with van der Waals surface area (Å²) >= 11 is 0. The average Bonchev–Trinajstić information content (AvgIpc) is 3.10. The van der Waals surface area contributed by atoms with Gasteiger partial charge in [0.15, 0.2) is 0 Å². The van der Waals surface area contributed by atoms with Crippen LogP contribution in [0.15, 0.2) is 48.9 Å². The Morgan fingerprint density at radius 3 is 2.86 bits per heavy atom. The molecule has 0 bridgehead atoms. The molecule has 3 aromatic rings. The molecule has 0 fully saturated rings. The molecule has 0 spiro atoms. The molecule has 0 unspecified atom stereocenters. The Morgan fingerprint density at radius 2 is 2.10 bits per heavy atom. The lowest BCUT2D eigenvalue weighted by Gasteiger charge is -2.09. The number of aryl methyl sites for hydroxylation is 3. The molecule has 0 amide bonds. The maximum absolute atomic E-state index is 4.38. The van der Waals surface area contributed by atoms with E-state index in [-0.39, 0.29) is 0 Å². The number of aromatic nitrogens is 4. The number of imidazole rings is 1. The fourth-order valence-corrected chi connectivity index (χ4v) is 2.33. The van der Waals surface area contributed by atoms with E-state index >= 15 is 0 Å². The van der Waals surface area contributed by atoms with Gasteiger partial charge in [-0.05, 0) is 37.5 Å². The summed E-state index contributed by atoms with van der Waals surface area (Å²) < 4.78 is 2.14. The number of hydrogen-bond acceptors (Lipinski definition) is 3. The zero-order chi connectivity index (χ0) is 14.5. The fourth-order valence-electron chi connectivity index (χ4n) is 2.33. The maximum atomic E-state index is 4.38. The number of nitrogens with zero attached hydrogens (tertiary/aromatic N) is 3. The molecule has 2 N–H and O–H groups in total. The van der Waals surface area contributed by atoms with Gasteiger partial charge < -0.3 is 9.88 Å². The van der Waals surface area contributed by atoms with E-state index in [2.05, 4.69) is 32.0 Å². The van der Waals surface area contributed by atoms with Crippen molar-refractivity contribution in [2.45, 2.75) is 26.3 Å². The van der Waals surface area contributed by atoms with Crippen molar-refractivity contribution in [2.75, 3.05) is 5.32 Å². The highest BCUT2D eigenvalue weighted by Crippen LogP contribution is 2.15. The van der Waals surface area contributed by atoms with Crippen molar-refractivity contribution < 1.29 is 0 Å². The van der Waals surface area contributed by atoms with Gasteiger partial charge in [0.2, 0.25) is 5.95 Å². The first kappa shape index (κ1) is 13.4. The topological polar surface area (TPSA) is 58.5 Å². The second-order valence-corrected chi connectivity index (χ2v) is 5.06. The van der Waals surface area contributed by atoms with E-state index in [1.165, 1.54) is 5.56 Å². The first-order valence-electron chi connectivity index (χ1n) is 7.15. The minimum Gasteiger partial charge on any atom is -0.326 e. The molecular formula is C16H19N5. The Bertz CT molecular complexity index is 684. The highest BCUT2D eigenvalue weighted by molar-refractivity contribution is 5.52. The predicted octanol–water partition coefficient (Wildman–Crippen LogP) is 3.29. The van der Waals surface area contributed by atoms with Crippen molar-refractivity contribution in [2.24, 2.45) is 0 Å². The van der Waals surface area contributed by atoms with Gasteiger partial charge in [0.1, 0.15) is 0 Å². The van der Waals surface area contributed by atoms with Gasteiger partial charge in [0.25, 0.3) is 0 Å². The summed E-state index contributed by atoms with van der Waals surface area (Å²) in [7, 11) is 0. The quantitative estimate of drug-likeness (QED) is 0.729. The van der Waals surface area contributed by atoms with Gasteiger partial charge in [-0.1, -0.05) is 18.2 Å². The molecule has 0 aliphatic carbocycles. The summed E-state index contributed by atoms with van der Waals surface area (Å²) in [5.74, 6) is 0.880. The fraction of sp³-hybridized carbons (Fsp3) is 0.250. The maximum Gasteiger partial charge on any atom is 0.207 e. The molecule has 2 heterocycles. The smallest absolute Gasteiger partial charge is 0.207 e. The van der Waals surface area contributed by atoms with Gasteiger partial charge in [-0.15, -0.1) is 0 Å². The Hall–Kier alpha value is -2.56. The van der Waals surface area contributed by atoms with E-state index in [1.807, 2.05) is 48.9 Å². The third-order valence-electron chi connectivity index (χ3n) is 3.52. The number of benzene rings is 1. The lowest BCUT2D eigenvalue weighted by molar-refractivity contribution is 0.647.